The maximum absolute atomic E-state index is 13.6. The fraction of sp³-hybridized carbons (Fsp3) is 0.333. The number of ether oxygens (including phenoxy) is 1. The van der Waals surface area contributed by atoms with Crippen LogP contribution in [-0.4, -0.2) is 47.9 Å². The van der Waals surface area contributed by atoms with Crippen LogP contribution in [0.1, 0.15) is 21.0 Å². The minimum atomic E-state index is -1.08. The predicted molar refractivity (Wildman–Crippen MR) is 51.3 cm³/mol. The molecule has 0 spiro atoms. The van der Waals surface area contributed by atoms with E-state index in [9.17, 15) is 14.0 Å². The van der Waals surface area contributed by atoms with Crippen LogP contribution in [0.25, 0.3) is 0 Å². The average Bonchev–Trinajstić information content (AvgIpc) is 2.27. The van der Waals surface area contributed by atoms with E-state index in [-0.39, 0.29) is 0 Å². The van der Waals surface area contributed by atoms with E-state index in [1.807, 2.05) is 0 Å². The number of aromatic nitrogens is 2. The van der Waals surface area contributed by atoms with Crippen LogP contribution in [0.2, 0.25) is 0 Å². The number of halogens is 1. The number of methoxy groups -OCH3 is 1. The fourth-order valence-electron chi connectivity index (χ4n) is 0.970. The van der Waals surface area contributed by atoms with Gasteiger partial charge in [0.15, 0.2) is 17.2 Å². The SMILES string of the molecule is COC(=O)c1ncnc(C(=O)N(C)C)c1F. The van der Waals surface area contributed by atoms with Gasteiger partial charge in [-0.1, -0.05) is 0 Å². The van der Waals surface area contributed by atoms with Gasteiger partial charge in [0, 0.05) is 14.1 Å². The van der Waals surface area contributed by atoms with Crippen molar-refractivity contribution >= 4 is 11.9 Å². The van der Waals surface area contributed by atoms with E-state index in [0.29, 0.717) is 0 Å². The molecule has 6 nitrogen and oxygen atoms in total. The average molecular weight is 227 g/mol. The molecule has 0 bridgehead atoms. The molecule has 0 fully saturated rings. The Morgan fingerprint density at radius 2 is 1.88 bits per heavy atom. The van der Waals surface area contributed by atoms with Crippen molar-refractivity contribution < 1.29 is 18.7 Å². The number of hydrogen-bond donors (Lipinski definition) is 0. The van der Waals surface area contributed by atoms with Crippen LogP contribution in [0.3, 0.4) is 0 Å². The molecule has 0 aliphatic heterocycles. The standard InChI is InChI=1S/C9H10FN3O3/c1-13(2)8(14)6-5(10)7(9(15)16-3)12-4-11-6/h4H,1-3H3. The summed E-state index contributed by atoms with van der Waals surface area (Å²) in [6.07, 6.45) is 0.937. The Balaban J connectivity index is 3.24. The zero-order valence-electron chi connectivity index (χ0n) is 9.02. The number of carbonyl (C=O) groups excluding carboxylic acids is 2. The van der Waals surface area contributed by atoms with Crippen molar-refractivity contribution in [2.24, 2.45) is 0 Å². The lowest BCUT2D eigenvalue weighted by Gasteiger charge is -2.10. The number of esters is 1. The summed E-state index contributed by atoms with van der Waals surface area (Å²) in [5.74, 6) is -2.68. The molecular weight excluding hydrogens is 217 g/mol. The van der Waals surface area contributed by atoms with Gasteiger partial charge in [-0.15, -0.1) is 0 Å². The minimum absolute atomic E-state index is 0.458. The third-order valence-electron chi connectivity index (χ3n) is 1.78. The molecule has 1 rings (SSSR count). The lowest BCUT2D eigenvalue weighted by atomic mass is 10.3. The van der Waals surface area contributed by atoms with Gasteiger partial charge in [-0.3, -0.25) is 4.79 Å². The van der Waals surface area contributed by atoms with Gasteiger partial charge in [-0.25, -0.2) is 19.2 Å². The van der Waals surface area contributed by atoms with Crippen LogP contribution in [-0.2, 0) is 4.74 Å². The van der Waals surface area contributed by atoms with E-state index in [4.69, 9.17) is 0 Å². The number of rotatable bonds is 2. The molecule has 86 valence electrons. The van der Waals surface area contributed by atoms with Crippen molar-refractivity contribution in [2.75, 3.05) is 21.2 Å². The van der Waals surface area contributed by atoms with E-state index in [0.717, 1.165) is 18.3 Å². The van der Waals surface area contributed by atoms with Crippen molar-refractivity contribution in [2.45, 2.75) is 0 Å². The molecule has 0 unspecified atom stereocenters. The molecule has 0 aliphatic carbocycles. The highest BCUT2D eigenvalue weighted by molar-refractivity contribution is 5.95. The van der Waals surface area contributed by atoms with Gasteiger partial charge in [0.1, 0.15) is 6.33 Å². The molecule has 0 radical (unpaired) electrons. The Hall–Kier alpha value is -2.05. The maximum Gasteiger partial charge on any atom is 0.359 e. The second-order valence-corrected chi connectivity index (χ2v) is 3.08. The monoisotopic (exact) mass is 227 g/mol. The van der Waals surface area contributed by atoms with Crippen molar-refractivity contribution in [3.63, 3.8) is 0 Å². The van der Waals surface area contributed by atoms with Gasteiger partial charge in [-0.05, 0) is 0 Å². The summed E-state index contributed by atoms with van der Waals surface area (Å²) in [6.45, 7) is 0. The Morgan fingerprint density at radius 3 is 2.38 bits per heavy atom. The summed E-state index contributed by atoms with van der Waals surface area (Å²) in [6, 6.07) is 0. The van der Waals surface area contributed by atoms with E-state index >= 15 is 0 Å². The van der Waals surface area contributed by atoms with E-state index in [2.05, 4.69) is 14.7 Å². The second kappa shape index (κ2) is 4.65. The number of amides is 1. The van der Waals surface area contributed by atoms with Crippen LogP contribution < -0.4 is 0 Å². The third kappa shape index (κ3) is 2.13. The smallest absolute Gasteiger partial charge is 0.359 e. The van der Waals surface area contributed by atoms with Gasteiger partial charge in [0.25, 0.3) is 5.91 Å². The quantitative estimate of drug-likeness (QED) is 0.670. The van der Waals surface area contributed by atoms with Gasteiger partial charge in [0.2, 0.25) is 0 Å². The number of nitrogens with zero attached hydrogens (tertiary/aromatic N) is 3. The third-order valence-corrected chi connectivity index (χ3v) is 1.78. The molecular formula is C9H10FN3O3. The second-order valence-electron chi connectivity index (χ2n) is 3.08. The van der Waals surface area contributed by atoms with Gasteiger partial charge >= 0.3 is 5.97 Å². The molecule has 0 N–H and O–H groups in total. The highest BCUT2D eigenvalue weighted by Crippen LogP contribution is 2.10. The Labute approximate surface area is 91.1 Å². The molecule has 1 aromatic rings. The molecule has 1 heterocycles. The molecule has 1 amide bonds. The maximum atomic E-state index is 13.6. The normalized spacial score (nSPS) is 9.75. The van der Waals surface area contributed by atoms with Crippen LogP contribution in [0, 0.1) is 5.82 Å². The Bertz CT molecular complexity index is 434. The summed E-state index contributed by atoms with van der Waals surface area (Å²) < 4.78 is 18.0. The lowest BCUT2D eigenvalue weighted by molar-refractivity contribution is 0.0587. The molecule has 1 aromatic heterocycles. The summed E-state index contributed by atoms with van der Waals surface area (Å²) in [7, 11) is 3.99. The Morgan fingerprint density at radius 1 is 1.31 bits per heavy atom. The van der Waals surface area contributed by atoms with Gasteiger partial charge < -0.3 is 9.64 Å². The first-order valence-electron chi connectivity index (χ1n) is 4.29. The van der Waals surface area contributed by atoms with Gasteiger partial charge in [-0.2, -0.15) is 0 Å². The van der Waals surface area contributed by atoms with Gasteiger partial charge in [0.05, 0.1) is 7.11 Å². The van der Waals surface area contributed by atoms with E-state index in [1.54, 1.807) is 0 Å². The predicted octanol–water partition coefficient (Wildman–Crippen LogP) is 0.104. The van der Waals surface area contributed by atoms with Crippen molar-refractivity contribution in [1.82, 2.24) is 14.9 Å². The highest BCUT2D eigenvalue weighted by Gasteiger charge is 2.23. The topological polar surface area (TPSA) is 72.4 Å². The van der Waals surface area contributed by atoms with Crippen LogP contribution in [0.4, 0.5) is 4.39 Å². The molecule has 0 saturated heterocycles. The molecule has 0 saturated carbocycles. The van der Waals surface area contributed by atoms with Crippen LogP contribution >= 0.6 is 0 Å². The summed E-state index contributed by atoms with van der Waals surface area (Å²) >= 11 is 0. The van der Waals surface area contributed by atoms with Crippen LogP contribution in [0.15, 0.2) is 6.33 Å². The van der Waals surface area contributed by atoms with Crippen molar-refractivity contribution in [3.8, 4) is 0 Å². The largest absolute Gasteiger partial charge is 0.464 e. The van der Waals surface area contributed by atoms with Crippen molar-refractivity contribution in [3.05, 3.63) is 23.5 Å². The lowest BCUT2D eigenvalue weighted by Crippen LogP contribution is -2.25. The fourth-order valence-corrected chi connectivity index (χ4v) is 0.970. The number of hydrogen-bond acceptors (Lipinski definition) is 5. The van der Waals surface area contributed by atoms with E-state index in [1.165, 1.54) is 14.1 Å². The van der Waals surface area contributed by atoms with Crippen LogP contribution in [0.5, 0.6) is 0 Å². The molecule has 0 atom stereocenters. The molecule has 7 heteroatoms. The molecule has 16 heavy (non-hydrogen) atoms. The first kappa shape index (κ1) is 12.0. The number of carbonyl (C=O) groups is 2. The first-order chi connectivity index (χ1) is 7.49. The highest BCUT2D eigenvalue weighted by atomic mass is 19.1. The minimum Gasteiger partial charge on any atom is -0.464 e. The Kier molecular flexibility index (Phi) is 3.49. The summed E-state index contributed by atoms with van der Waals surface area (Å²) in [5.41, 5.74) is -1.01. The summed E-state index contributed by atoms with van der Waals surface area (Å²) in [5, 5.41) is 0. The van der Waals surface area contributed by atoms with E-state index < -0.39 is 29.1 Å². The zero-order chi connectivity index (χ0) is 12.3. The zero-order valence-corrected chi connectivity index (χ0v) is 9.02. The first-order valence-corrected chi connectivity index (χ1v) is 4.29. The molecule has 0 aliphatic rings. The summed E-state index contributed by atoms with van der Waals surface area (Å²) in [4.78, 5) is 30.6. The van der Waals surface area contributed by atoms with Crippen molar-refractivity contribution in [1.29, 1.82) is 0 Å². The molecule has 0 aromatic carbocycles.